The van der Waals surface area contributed by atoms with E-state index in [1.165, 1.54) is 5.56 Å². The summed E-state index contributed by atoms with van der Waals surface area (Å²) in [7, 11) is 1.79. The van der Waals surface area contributed by atoms with E-state index in [0.717, 1.165) is 22.2 Å². The molecule has 0 aliphatic rings. The maximum absolute atomic E-state index is 11.7. The Kier molecular flexibility index (Phi) is 3.34. The van der Waals surface area contributed by atoms with Gasteiger partial charge in [-0.15, -0.1) is 0 Å². The largest absolute Gasteiger partial charge is 0.311 e. The molecule has 0 amide bonds. The van der Waals surface area contributed by atoms with Crippen molar-refractivity contribution in [1.29, 1.82) is 0 Å². The summed E-state index contributed by atoms with van der Waals surface area (Å²) >= 11 is 0. The lowest BCUT2D eigenvalue weighted by Gasteiger charge is -2.09. The molecular formula is C18H18N2O. The molecule has 0 fully saturated rings. The second kappa shape index (κ2) is 5.17. The van der Waals surface area contributed by atoms with Gasteiger partial charge < -0.3 is 4.57 Å². The number of nitrogens with zero attached hydrogens (tertiary/aromatic N) is 2. The number of hydrogen-bond acceptors (Lipinski definition) is 2. The molecule has 2 aromatic heterocycles. The summed E-state index contributed by atoms with van der Waals surface area (Å²) in [6, 6.07) is 13.7. The summed E-state index contributed by atoms with van der Waals surface area (Å²) in [5.41, 5.74) is 4.27. The first-order valence-corrected chi connectivity index (χ1v) is 7.12. The van der Waals surface area contributed by atoms with Gasteiger partial charge in [0.1, 0.15) is 0 Å². The van der Waals surface area contributed by atoms with Gasteiger partial charge in [-0.25, -0.2) is 0 Å². The molecule has 1 aromatic carbocycles. The highest BCUT2D eigenvalue weighted by Crippen LogP contribution is 2.24. The fourth-order valence-electron chi connectivity index (χ4n) is 2.51. The Hall–Kier alpha value is -2.42. The van der Waals surface area contributed by atoms with Gasteiger partial charge in [-0.2, -0.15) is 0 Å². The quantitative estimate of drug-likeness (QED) is 0.716. The Morgan fingerprint density at radius 3 is 2.62 bits per heavy atom. The van der Waals surface area contributed by atoms with Gasteiger partial charge in [0.15, 0.2) is 0 Å². The van der Waals surface area contributed by atoms with Gasteiger partial charge in [0.05, 0.1) is 11.2 Å². The van der Waals surface area contributed by atoms with Crippen LogP contribution < -0.4 is 5.56 Å². The molecule has 21 heavy (non-hydrogen) atoms. The summed E-state index contributed by atoms with van der Waals surface area (Å²) in [5, 5.41) is 1.05. The van der Waals surface area contributed by atoms with Crippen LogP contribution in [0.25, 0.3) is 22.2 Å². The van der Waals surface area contributed by atoms with Crippen molar-refractivity contribution in [1.82, 2.24) is 9.55 Å². The van der Waals surface area contributed by atoms with E-state index < -0.39 is 0 Å². The first kappa shape index (κ1) is 13.6. The Bertz CT molecular complexity index is 862. The van der Waals surface area contributed by atoms with Gasteiger partial charge in [-0.3, -0.25) is 9.78 Å². The van der Waals surface area contributed by atoms with Crippen molar-refractivity contribution in [2.45, 2.75) is 19.8 Å². The molecule has 3 aromatic rings. The summed E-state index contributed by atoms with van der Waals surface area (Å²) in [6.45, 7) is 4.35. The zero-order chi connectivity index (χ0) is 15.0. The minimum atomic E-state index is 0.00943. The van der Waals surface area contributed by atoms with Gasteiger partial charge >= 0.3 is 0 Å². The minimum Gasteiger partial charge on any atom is -0.311 e. The van der Waals surface area contributed by atoms with Crippen molar-refractivity contribution in [3.63, 3.8) is 0 Å². The molecule has 0 unspecified atom stereocenters. The van der Waals surface area contributed by atoms with Crippen LogP contribution in [0.3, 0.4) is 0 Å². The molecule has 0 bridgehead atoms. The fraction of sp³-hybridized carbons (Fsp3) is 0.222. The SMILES string of the molecule is CC(C)c1ccnc(-c2ccc3c(ccc(=O)n3C)c2)c1. The average Bonchev–Trinajstić information content (AvgIpc) is 2.51. The molecule has 0 saturated carbocycles. The van der Waals surface area contributed by atoms with Gasteiger partial charge in [0, 0.05) is 24.9 Å². The maximum Gasteiger partial charge on any atom is 0.250 e. The third-order valence-corrected chi connectivity index (χ3v) is 3.87. The minimum absolute atomic E-state index is 0.00943. The van der Waals surface area contributed by atoms with Gasteiger partial charge in [-0.1, -0.05) is 19.9 Å². The maximum atomic E-state index is 11.7. The van der Waals surface area contributed by atoms with Gasteiger partial charge in [0.2, 0.25) is 0 Å². The first-order chi connectivity index (χ1) is 10.1. The average molecular weight is 278 g/mol. The van der Waals surface area contributed by atoms with Crippen LogP contribution >= 0.6 is 0 Å². The number of aryl methyl sites for hydroxylation is 1. The normalized spacial score (nSPS) is 11.2. The van der Waals surface area contributed by atoms with Crippen LogP contribution in [0.1, 0.15) is 25.3 Å². The molecule has 106 valence electrons. The fourth-order valence-corrected chi connectivity index (χ4v) is 2.51. The van der Waals surface area contributed by atoms with E-state index in [9.17, 15) is 4.79 Å². The highest BCUT2D eigenvalue weighted by molar-refractivity contribution is 5.84. The van der Waals surface area contributed by atoms with Crippen LogP contribution in [-0.2, 0) is 7.05 Å². The first-order valence-electron chi connectivity index (χ1n) is 7.12. The van der Waals surface area contributed by atoms with Crippen LogP contribution in [0.2, 0.25) is 0 Å². The van der Waals surface area contributed by atoms with Gasteiger partial charge in [0.25, 0.3) is 5.56 Å². The number of aromatic nitrogens is 2. The highest BCUT2D eigenvalue weighted by atomic mass is 16.1. The molecule has 0 aliphatic heterocycles. The Labute approximate surface area is 123 Å². The molecule has 0 N–H and O–H groups in total. The van der Waals surface area contributed by atoms with Crippen LogP contribution in [0.5, 0.6) is 0 Å². The predicted molar refractivity (Wildman–Crippen MR) is 86.5 cm³/mol. The predicted octanol–water partition coefficient (Wildman–Crippen LogP) is 3.72. The topological polar surface area (TPSA) is 34.9 Å². The molecule has 3 nitrogen and oxygen atoms in total. The van der Waals surface area contributed by atoms with Crippen LogP contribution in [0.4, 0.5) is 0 Å². The Morgan fingerprint density at radius 1 is 1.05 bits per heavy atom. The lowest BCUT2D eigenvalue weighted by Crippen LogP contribution is -2.14. The van der Waals surface area contributed by atoms with E-state index in [1.807, 2.05) is 24.4 Å². The molecule has 0 atom stereocenters. The Morgan fingerprint density at radius 2 is 1.86 bits per heavy atom. The second-order valence-corrected chi connectivity index (χ2v) is 5.63. The number of pyridine rings is 2. The molecule has 0 aliphatic carbocycles. The lowest BCUT2D eigenvalue weighted by molar-refractivity contribution is 0.864. The van der Waals surface area contributed by atoms with E-state index in [4.69, 9.17) is 0 Å². The molecule has 0 spiro atoms. The van der Waals surface area contributed by atoms with Crippen LogP contribution in [0, 0.1) is 0 Å². The third kappa shape index (κ3) is 2.47. The third-order valence-electron chi connectivity index (χ3n) is 3.87. The smallest absolute Gasteiger partial charge is 0.250 e. The standard InChI is InChI=1S/C18H18N2O/c1-12(2)13-8-9-19-16(11-13)14-4-6-17-15(10-14)5-7-18(21)20(17)3/h4-12H,1-3H3. The molecular weight excluding hydrogens is 260 g/mol. The zero-order valence-corrected chi connectivity index (χ0v) is 12.5. The van der Waals surface area contributed by atoms with E-state index in [2.05, 4.69) is 37.0 Å². The van der Waals surface area contributed by atoms with Gasteiger partial charge in [-0.05, 0) is 47.2 Å². The van der Waals surface area contributed by atoms with E-state index in [0.29, 0.717) is 5.92 Å². The molecule has 2 heterocycles. The summed E-state index contributed by atoms with van der Waals surface area (Å²) in [6.07, 6.45) is 1.86. The molecule has 0 saturated heterocycles. The number of hydrogen-bond donors (Lipinski definition) is 0. The Balaban J connectivity index is 2.15. The summed E-state index contributed by atoms with van der Waals surface area (Å²) < 4.78 is 1.66. The van der Waals surface area contributed by atoms with E-state index in [-0.39, 0.29) is 5.56 Å². The second-order valence-electron chi connectivity index (χ2n) is 5.63. The van der Waals surface area contributed by atoms with Crippen molar-refractivity contribution >= 4 is 10.9 Å². The van der Waals surface area contributed by atoms with Crippen molar-refractivity contribution in [3.8, 4) is 11.3 Å². The summed E-state index contributed by atoms with van der Waals surface area (Å²) in [4.78, 5) is 16.1. The summed E-state index contributed by atoms with van der Waals surface area (Å²) in [5.74, 6) is 0.480. The van der Waals surface area contributed by atoms with Crippen LogP contribution in [0.15, 0.2) is 53.5 Å². The number of rotatable bonds is 2. The number of benzene rings is 1. The van der Waals surface area contributed by atoms with E-state index >= 15 is 0 Å². The zero-order valence-electron chi connectivity index (χ0n) is 12.5. The molecule has 0 radical (unpaired) electrons. The lowest BCUT2D eigenvalue weighted by atomic mass is 10.0. The molecule has 3 rings (SSSR count). The van der Waals surface area contributed by atoms with Crippen molar-refractivity contribution in [2.75, 3.05) is 0 Å². The molecule has 3 heteroatoms. The number of fused-ring (bicyclic) bond motifs is 1. The van der Waals surface area contributed by atoms with Crippen molar-refractivity contribution in [2.24, 2.45) is 7.05 Å². The van der Waals surface area contributed by atoms with Crippen molar-refractivity contribution in [3.05, 3.63) is 64.6 Å². The van der Waals surface area contributed by atoms with Crippen LogP contribution in [-0.4, -0.2) is 9.55 Å². The highest BCUT2D eigenvalue weighted by Gasteiger charge is 2.06. The monoisotopic (exact) mass is 278 g/mol. The van der Waals surface area contributed by atoms with E-state index in [1.54, 1.807) is 17.7 Å². The van der Waals surface area contributed by atoms with Crippen molar-refractivity contribution < 1.29 is 0 Å².